The second-order valence-corrected chi connectivity index (χ2v) is 6.15. The van der Waals surface area contributed by atoms with E-state index in [1.807, 2.05) is 4.90 Å². The molecule has 3 rings (SSSR count). The Morgan fingerprint density at radius 3 is 3.05 bits per heavy atom. The number of nitrogens with zero attached hydrogens (tertiary/aromatic N) is 2. The highest BCUT2D eigenvalue weighted by atomic mass is 79.9. The summed E-state index contributed by atoms with van der Waals surface area (Å²) in [5, 5.41) is 4.38. The van der Waals surface area contributed by atoms with Gasteiger partial charge in [0, 0.05) is 48.3 Å². The van der Waals surface area contributed by atoms with E-state index in [-0.39, 0.29) is 5.91 Å². The van der Waals surface area contributed by atoms with Crippen molar-refractivity contribution in [3.8, 4) is 0 Å². The molecule has 1 fully saturated rings. The number of hydrogen-bond acceptors (Lipinski definition) is 2. The van der Waals surface area contributed by atoms with E-state index in [1.165, 1.54) is 16.5 Å². The zero-order valence-corrected chi connectivity index (χ0v) is 13.1. The molecule has 0 radical (unpaired) electrons. The molecule has 0 atom stereocenters. The first kappa shape index (κ1) is 13.6. The molecule has 0 spiro atoms. The Balaban J connectivity index is 1.79. The molecule has 0 unspecified atom stereocenters. The van der Waals surface area contributed by atoms with Crippen LogP contribution in [0.25, 0.3) is 10.9 Å². The topological polar surface area (TPSA) is 37.3 Å². The fraction of sp³-hybridized carbons (Fsp3) is 0.400. The number of carbonyl (C=O) groups is 1. The normalized spacial score (nSPS) is 16.1. The summed E-state index contributed by atoms with van der Waals surface area (Å²) in [5.74, 6) is 0.208. The molecule has 1 N–H and O–H groups in total. The summed E-state index contributed by atoms with van der Waals surface area (Å²) in [4.78, 5) is 13.7. The minimum Gasteiger partial charge on any atom is -0.350 e. The summed E-state index contributed by atoms with van der Waals surface area (Å²) >= 11 is 3.51. The first-order valence-corrected chi connectivity index (χ1v) is 7.66. The Hall–Kier alpha value is -1.33. The van der Waals surface area contributed by atoms with Gasteiger partial charge in [0.25, 0.3) is 0 Å². The van der Waals surface area contributed by atoms with Gasteiger partial charge in [-0.05, 0) is 24.1 Å². The number of rotatable bonds is 3. The molecule has 0 bridgehead atoms. The molecule has 1 aliphatic rings. The van der Waals surface area contributed by atoms with Crippen molar-refractivity contribution in [2.75, 3.05) is 26.2 Å². The number of amides is 1. The van der Waals surface area contributed by atoms with Gasteiger partial charge in [-0.15, -0.1) is 0 Å². The molecule has 20 heavy (non-hydrogen) atoms. The number of fused-ring (bicyclic) bond motifs is 1. The van der Waals surface area contributed by atoms with Gasteiger partial charge >= 0.3 is 0 Å². The van der Waals surface area contributed by atoms with Gasteiger partial charge in [-0.1, -0.05) is 22.0 Å². The van der Waals surface area contributed by atoms with Crippen LogP contribution in [0.1, 0.15) is 5.56 Å². The minimum absolute atomic E-state index is 0.208. The third-order valence-electron chi connectivity index (χ3n) is 3.87. The first-order valence-electron chi connectivity index (χ1n) is 6.87. The Labute approximate surface area is 126 Å². The van der Waals surface area contributed by atoms with E-state index in [1.54, 1.807) is 0 Å². The van der Waals surface area contributed by atoms with Crippen LogP contribution in [0.5, 0.6) is 0 Å². The van der Waals surface area contributed by atoms with Crippen LogP contribution in [0.15, 0.2) is 28.9 Å². The Morgan fingerprint density at radius 1 is 1.40 bits per heavy atom. The van der Waals surface area contributed by atoms with Crippen LogP contribution >= 0.6 is 15.9 Å². The molecule has 4 nitrogen and oxygen atoms in total. The predicted octanol–water partition coefficient (Wildman–Crippen LogP) is 1.92. The highest BCUT2D eigenvalue weighted by Crippen LogP contribution is 2.24. The van der Waals surface area contributed by atoms with Crippen LogP contribution in [-0.2, 0) is 18.3 Å². The molecule has 1 saturated heterocycles. The van der Waals surface area contributed by atoms with E-state index in [4.69, 9.17) is 0 Å². The predicted molar refractivity (Wildman–Crippen MR) is 83.8 cm³/mol. The minimum atomic E-state index is 0.208. The number of hydrogen-bond donors (Lipinski definition) is 1. The smallest absolute Gasteiger partial charge is 0.236 e. The van der Waals surface area contributed by atoms with E-state index in [2.05, 4.69) is 57.3 Å². The van der Waals surface area contributed by atoms with Crippen LogP contribution < -0.4 is 5.32 Å². The third-order valence-corrected chi connectivity index (χ3v) is 4.37. The number of nitrogens with one attached hydrogen (secondary N) is 1. The Kier molecular flexibility index (Phi) is 3.81. The average molecular weight is 336 g/mol. The molecular weight excluding hydrogens is 318 g/mol. The maximum atomic E-state index is 11.8. The van der Waals surface area contributed by atoms with Crippen molar-refractivity contribution in [3.05, 3.63) is 34.4 Å². The van der Waals surface area contributed by atoms with Crippen molar-refractivity contribution in [1.29, 1.82) is 0 Å². The second kappa shape index (κ2) is 5.58. The van der Waals surface area contributed by atoms with Crippen LogP contribution in [-0.4, -0.2) is 41.6 Å². The fourth-order valence-corrected chi connectivity index (χ4v) is 3.13. The molecule has 1 amide bonds. The number of halogens is 1. The van der Waals surface area contributed by atoms with E-state index in [0.29, 0.717) is 6.54 Å². The summed E-state index contributed by atoms with van der Waals surface area (Å²) in [7, 11) is 2.06. The molecule has 106 valence electrons. The van der Waals surface area contributed by atoms with E-state index in [9.17, 15) is 4.79 Å². The van der Waals surface area contributed by atoms with Crippen molar-refractivity contribution in [1.82, 2.24) is 14.8 Å². The lowest BCUT2D eigenvalue weighted by Crippen LogP contribution is -2.48. The third kappa shape index (κ3) is 2.60. The SMILES string of the molecule is Cn1cc(CCN2CCNCC2=O)c2ccc(Br)cc21. The summed E-state index contributed by atoms with van der Waals surface area (Å²) in [6, 6.07) is 6.35. The average Bonchev–Trinajstić information content (AvgIpc) is 2.74. The zero-order valence-electron chi connectivity index (χ0n) is 11.5. The standard InChI is InChI=1S/C15H18BrN3O/c1-18-10-11(13-3-2-12(16)8-14(13)18)4-6-19-7-5-17-9-15(19)20/h2-3,8,10,17H,4-7,9H2,1H3. The van der Waals surface area contributed by atoms with Gasteiger partial charge in [0.15, 0.2) is 0 Å². The molecule has 2 aromatic rings. The van der Waals surface area contributed by atoms with Crippen molar-refractivity contribution in [2.45, 2.75) is 6.42 Å². The zero-order chi connectivity index (χ0) is 14.1. The molecule has 1 aliphatic heterocycles. The number of piperazine rings is 1. The lowest BCUT2D eigenvalue weighted by Gasteiger charge is -2.27. The molecular formula is C15H18BrN3O. The monoisotopic (exact) mass is 335 g/mol. The van der Waals surface area contributed by atoms with Crippen LogP contribution in [0, 0.1) is 0 Å². The quantitative estimate of drug-likeness (QED) is 0.930. The Morgan fingerprint density at radius 2 is 2.25 bits per heavy atom. The van der Waals surface area contributed by atoms with Gasteiger partial charge in [-0.3, -0.25) is 4.79 Å². The summed E-state index contributed by atoms with van der Waals surface area (Å²) < 4.78 is 3.24. The number of aromatic nitrogens is 1. The lowest BCUT2D eigenvalue weighted by molar-refractivity contribution is -0.131. The molecule has 0 saturated carbocycles. The second-order valence-electron chi connectivity index (χ2n) is 5.23. The maximum absolute atomic E-state index is 11.8. The fourth-order valence-electron chi connectivity index (χ4n) is 2.78. The van der Waals surface area contributed by atoms with Gasteiger partial charge in [-0.2, -0.15) is 0 Å². The molecule has 1 aromatic heterocycles. The molecule has 5 heteroatoms. The highest BCUT2D eigenvalue weighted by Gasteiger charge is 2.17. The van der Waals surface area contributed by atoms with Crippen LogP contribution in [0.2, 0.25) is 0 Å². The van der Waals surface area contributed by atoms with Crippen LogP contribution in [0.4, 0.5) is 0 Å². The first-order chi connectivity index (χ1) is 9.65. The van der Waals surface area contributed by atoms with Crippen molar-refractivity contribution < 1.29 is 4.79 Å². The number of carbonyl (C=O) groups excluding carboxylic acids is 1. The molecule has 0 aliphatic carbocycles. The molecule has 1 aromatic carbocycles. The van der Waals surface area contributed by atoms with E-state index in [0.717, 1.165) is 30.5 Å². The van der Waals surface area contributed by atoms with Gasteiger partial charge in [0.1, 0.15) is 0 Å². The van der Waals surface area contributed by atoms with Gasteiger partial charge in [0.05, 0.1) is 6.54 Å². The summed E-state index contributed by atoms with van der Waals surface area (Å²) in [6.07, 6.45) is 3.08. The summed E-state index contributed by atoms with van der Waals surface area (Å²) in [6.45, 7) is 2.99. The largest absolute Gasteiger partial charge is 0.350 e. The summed E-state index contributed by atoms with van der Waals surface area (Å²) in [5.41, 5.74) is 2.53. The maximum Gasteiger partial charge on any atom is 0.236 e. The number of aryl methyl sites for hydroxylation is 1. The van der Waals surface area contributed by atoms with Gasteiger partial charge < -0.3 is 14.8 Å². The van der Waals surface area contributed by atoms with Gasteiger partial charge in [0.2, 0.25) is 5.91 Å². The Bertz CT molecular complexity index is 650. The number of benzene rings is 1. The van der Waals surface area contributed by atoms with Gasteiger partial charge in [-0.25, -0.2) is 0 Å². The van der Waals surface area contributed by atoms with E-state index >= 15 is 0 Å². The van der Waals surface area contributed by atoms with Crippen LogP contribution in [0.3, 0.4) is 0 Å². The molecule has 2 heterocycles. The van der Waals surface area contributed by atoms with Crippen molar-refractivity contribution >= 4 is 32.7 Å². The van der Waals surface area contributed by atoms with E-state index < -0.39 is 0 Å². The van der Waals surface area contributed by atoms with Crippen molar-refractivity contribution in [2.24, 2.45) is 7.05 Å². The van der Waals surface area contributed by atoms with Crippen molar-refractivity contribution in [3.63, 3.8) is 0 Å². The highest BCUT2D eigenvalue weighted by molar-refractivity contribution is 9.10. The lowest BCUT2D eigenvalue weighted by atomic mass is 10.1.